The van der Waals surface area contributed by atoms with Crippen LogP contribution in [0.25, 0.3) is 0 Å². The molecule has 292 valence electrons. The standard InChI is InChI=1S/C39H78NO8P/c1-6-8-10-12-14-16-17-18-19-20-21-22-24-25-27-29-31-38(41)45-35-37(36-47-49(43,44)46-34-33-40(3,4)5)48-39(42)32-30-28-26-23-15-13-11-9-7-2/h37H,6-36H2,1-5H3/p+1/t37-/m1/s1. The third-order valence-corrected chi connectivity index (χ3v) is 9.87. The van der Waals surface area contributed by atoms with Gasteiger partial charge in [-0.2, -0.15) is 0 Å². The molecule has 0 heterocycles. The monoisotopic (exact) mass is 721 g/mol. The number of unbranched alkanes of at least 4 members (excludes halogenated alkanes) is 23. The van der Waals surface area contributed by atoms with Crippen LogP contribution in [0.2, 0.25) is 0 Å². The molecule has 0 aliphatic rings. The smallest absolute Gasteiger partial charge is 0.462 e. The van der Waals surface area contributed by atoms with Crippen molar-refractivity contribution in [2.45, 2.75) is 193 Å². The first kappa shape index (κ1) is 48.0. The van der Waals surface area contributed by atoms with Gasteiger partial charge in [-0.3, -0.25) is 18.6 Å². The number of phosphoric ester groups is 1. The molecule has 0 aromatic rings. The molecule has 0 saturated heterocycles. The topological polar surface area (TPSA) is 108 Å². The maximum absolute atomic E-state index is 12.6. The number of hydrogen-bond acceptors (Lipinski definition) is 7. The van der Waals surface area contributed by atoms with Crippen molar-refractivity contribution in [2.75, 3.05) is 47.5 Å². The van der Waals surface area contributed by atoms with Gasteiger partial charge in [-0.1, -0.05) is 162 Å². The highest BCUT2D eigenvalue weighted by Crippen LogP contribution is 2.43. The Hall–Kier alpha value is -0.990. The third kappa shape index (κ3) is 36.6. The largest absolute Gasteiger partial charge is 0.472 e. The highest BCUT2D eigenvalue weighted by molar-refractivity contribution is 7.47. The zero-order chi connectivity index (χ0) is 36.5. The molecule has 9 nitrogen and oxygen atoms in total. The summed E-state index contributed by atoms with van der Waals surface area (Å²) in [5, 5.41) is 0. The highest BCUT2D eigenvalue weighted by Gasteiger charge is 2.27. The number of carbonyl (C=O) groups excluding carboxylic acids is 2. The number of ether oxygens (including phenoxy) is 2. The zero-order valence-corrected chi connectivity index (χ0v) is 33.6. The van der Waals surface area contributed by atoms with E-state index < -0.39 is 26.5 Å². The molecular weight excluding hydrogens is 641 g/mol. The van der Waals surface area contributed by atoms with E-state index in [9.17, 15) is 19.0 Å². The van der Waals surface area contributed by atoms with Crippen LogP contribution in [0.3, 0.4) is 0 Å². The van der Waals surface area contributed by atoms with E-state index in [1.807, 2.05) is 21.1 Å². The van der Waals surface area contributed by atoms with Gasteiger partial charge in [0.1, 0.15) is 19.8 Å². The van der Waals surface area contributed by atoms with E-state index in [0.717, 1.165) is 32.1 Å². The predicted octanol–water partition coefficient (Wildman–Crippen LogP) is 10.9. The van der Waals surface area contributed by atoms with Gasteiger partial charge in [0.05, 0.1) is 27.7 Å². The molecule has 0 spiro atoms. The van der Waals surface area contributed by atoms with Gasteiger partial charge < -0.3 is 18.9 Å². The maximum atomic E-state index is 12.6. The maximum Gasteiger partial charge on any atom is 0.472 e. The summed E-state index contributed by atoms with van der Waals surface area (Å²) < 4.78 is 34.1. The summed E-state index contributed by atoms with van der Waals surface area (Å²) in [4.78, 5) is 35.1. The second-order valence-corrected chi connectivity index (χ2v) is 16.5. The lowest BCUT2D eigenvalue weighted by Crippen LogP contribution is -2.37. The Bertz CT molecular complexity index is 819. The fraction of sp³-hybridized carbons (Fsp3) is 0.949. The third-order valence-electron chi connectivity index (χ3n) is 8.89. The number of likely N-dealkylation sites (N-methyl/N-ethyl adjacent to an activating group) is 1. The minimum absolute atomic E-state index is 0.0363. The molecule has 10 heteroatoms. The van der Waals surface area contributed by atoms with E-state index in [2.05, 4.69) is 13.8 Å². The molecule has 49 heavy (non-hydrogen) atoms. The molecule has 0 fully saturated rings. The van der Waals surface area contributed by atoms with Crippen LogP contribution in [-0.2, 0) is 32.7 Å². The van der Waals surface area contributed by atoms with Crippen molar-refractivity contribution in [1.82, 2.24) is 0 Å². The van der Waals surface area contributed by atoms with Crippen molar-refractivity contribution in [1.29, 1.82) is 0 Å². The van der Waals surface area contributed by atoms with Crippen LogP contribution in [0.4, 0.5) is 0 Å². The molecule has 0 aliphatic carbocycles. The van der Waals surface area contributed by atoms with Crippen molar-refractivity contribution in [3.63, 3.8) is 0 Å². The number of rotatable bonds is 37. The average Bonchev–Trinajstić information content (AvgIpc) is 3.04. The normalized spacial score (nSPS) is 13.7. The minimum Gasteiger partial charge on any atom is -0.462 e. The van der Waals surface area contributed by atoms with Crippen LogP contribution < -0.4 is 0 Å². The van der Waals surface area contributed by atoms with E-state index in [4.69, 9.17) is 18.5 Å². The minimum atomic E-state index is -4.36. The van der Waals surface area contributed by atoms with Gasteiger partial charge in [0, 0.05) is 12.8 Å². The van der Waals surface area contributed by atoms with Gasteiger partial charge in [0.15, 0.2) is 6.10 Å². The van der Waals surface area contributed by atoms with Crippen LogP contribution in [0, 0.1) is 0 Å². The number of hydrogen-bond donors (Lipinski definition) is 1. The first-order chi connectivity index (χ1) is 23.5. The molecule has 0 radical (unpaired) electrons. The first-order valence-corrected chi connectivity index (χ1v) is 21.8. The van der Waals surface area contributed by atoms with Crippen molar-refractivity contribution >= 4 is 19.8 Å². The summed E-state index contributed by atoms with van der Waals surface area (Å²) in [5.41, 5.74) is 0. The van der Waals surface area contributed by atoms with Crippen molar-refractivity contribution in [3.05, 3.63) is 0 Å². The molecule has 2 atom stereocenters. The second kappa shape index (κ2) is 32.9. The van der Waals surface area contributed by atoms with Crippen LogP contribution in [-0.4, -0.2) is 74.9 Å². The van der Waals surface area contributed by atoms with Crippen molar-refractivity contribution in [3.8, 4) is 0 Å². The summed E-state index contributed by atoms with van der Waals surface area (Å²) in [5.74, 6) is -0.791. The number of carbonyl (C=O) groups is 2. The van der Waals surface area contributed by atoms with E-state index in [1.54, 1.807) is 0 Å². The summed E-state index contributed by atoms with van der Waals surface area (Å²) in [6.07, 6.45) is 30.1. The summed E-state index contributed by atoms with van der Waals surface area (Å²) in [6, 6.07) is 0. The molecule has 0 rings (SSSR count). The lowest BCUT2D eigenvalue weighted by Gasteiger charge is -2.24. The first-order valence-electron chi connectivity index (χ1n) is 20.3. The van der Waals surface area contributed by atoms with Crippen LogP contribution in [0.1, 0.15) is 187 Å². The van der Waals surface area contributed by atoms with E-state index in [-0.39, 0.29) is 25.6 Å². The van der Waals surface area contributed by atoms with Crippen molar-refractivity contribution in [2.24, 2.45) is 0 Å². The van der Waals surface area contributed by atoms with Crippen LogP contribution >= 0.6 is 7.82 Å². The fourth-order valence-electron chi connectivity index (χ4n) is 5.66. The lowest BCUT2D eigenvalue weighted by molar-refractivity contribution is -0.870. The molecule has 0 aromatic carbocycles. The van der Waals surface area contributed by atoms with Crippen LogP contribution in [0.5, 0.6) is 0 Å². The van der Waals surface area contributed by atoms with E-state index in [0.29, 0.717) is 23.9 Å². The Kier molecular flexibility index (Phi) is 32.2. The summed E-state index contributed by atoms with van der Waals surface area (Å²) in [7, 11) is 1.49. The number of quaternary nitrogens is 1. The Labute approximate surface area is 302 Å². The van der Waals surface area contributed by atoms with Crippen LogP contribution in [0.15, 0.2) is 0 Å². The number of nitrogens with zero attached hydrogens (tertiary/aromatic N) is 1. The van der Waals surface area contributed by atoms with Gasteiger partial charge >= 0.3 is 19.8 Å². The quantitative estimate of drug-likeness (QED) is 0.0292. The molecule has 1 N–H and O–H groups in total. The van der Waals surface area contributed by atoms with Gasteiger partial charge in [-0.05, 0) is 12.8 Å². The van der Waals surface area contributed by atoms with Gasteiger partial charge in [0.25, 0.3) is 0 Å². The summed E-state index contributed by atoms with van der Waals surface area (Å²) >= 11 is 0. The molecule has 0 amide bonds. The number of esters is 2. The number of phosphoric acid groups is 1. The van der Waals surface area contributed by atoms with Gasteiger partial charge in [-0.25, -0.2) is 4.57 Å². The second-order valence-electron chi connectivity index (χ2n) is 15.0. The Balaban J connectivity index is 4.30. The molecular formula is C39H79NO8P+. The molecule has 0 saturated carbocycles. The molecule has 0 aromatic heterocycles. The lowest BCUT2D eigenvalue weighted by atomic mass is 10.0. The molecule has 0 aliphatic heterocycles. The van der Waals surface area contributed by atoms with Gasteiger partial charge in [-0.15, -0.1) is 0 Å². The Morgan fingerprint density at radius 2 is 0.918 bits per heavy atom. The SMILES string of the molecule is CCCCCCCCCCCCCCCCCCC(=O)OC[C@H](COP(=O)(O)OCC[N+](C)(C)C)OC(=O)CCCCCCCCCCC. The van der Waals surface area contributed by atoms with E-state index >= 15 is 0 Å². The summed E-state index contributed by atoms with van der Waals surface area (Å²) in [6.45, 7) is 4.41. The zero-order valence-electron chi connectivity index (χ0n) is 32.7. The predicted molar refractivity (Wildman–Crippen MR) is 201 cm³/mol. The average molecular weight is 721 g/mol. The Morgan fingerprint density at radius 3 is 1.31 bits per heavy atom. The molecule has 1 unspecified atom stereocenters. The van der Waals surface area contributed by atoms with Gasteiger partial charge in [0.2, 0.25) is 0 Å². The van der Waals surface area contributed by atoms with Crippen molar-refractivity contribution < 1.29 is 42.1 Å². The molecule has 0 bridgehead atoms. The Morgan fingerprint density at radius 1 is 0.551 bits per heavy atom. The fourth-order valence-corrected chi connectivity index (χ4v) is 6.40. The van der Waals surface area contributed by atoms with E-state index in [1.165, 1.54) is 122 Å². The highest BCUT2D eigenvalue weighted by atomic mass is 31.2.